The molecule has 0 spiro atoms. The Bertz CT molecular complexity index is 1240. The summed E-state index contributed by atoms with van der Waals surface area (Å²) in [6.07, 6.45) is 0. The van der Waals surface area contributed by atoms with E-state index in [1.54, 1.807) is 30.3 Å². The molecule has 26 heavy (non-hydrogen) atoms. The van der Waals surface area contributed by atoms with E-state index in [0.717, 1.165) is 10.8 Å². The molecule has 4 rings (SSSR count). The average molecular weight is 343 g/mol. The van der Waals surface area contributed by atoms with Crippen LogP contribution >= 0.6 is 0 Å². The van der Waals surface area contributed by atoms with Crippen molar-refractivity contribution in [3.8, 4) is 11.1 Å². The van der Waals surface area contributed by atoms with Crippen molar-refractivity contribution in [1.82, 2.24) is 4.98 Å². The lowest BCUT2D eigenvalue weighted by Crippen LogP contribution is -2.25. The number of H-pyrrole nitrogens is 1. The van der Waals surface area contributed by atoms with Crippen LogP contribution in [0.3, 0.4) is 0 Å². The van der Waals surface area contributed by atoms with Crippen molar-refractivity contribution < 1.29 is 14.7 Å². The molecule has 0 radical (unpaired) electrons. The number of carboxylic acids is 1. The molecule has 0 aliphatic carbocycles. The summed E-state index contributed by atoms with van der Waals surface area (Å²) in [5.74, 6) is -2.88. The second-order valence-electron chi connectivity index (χ2n) is 5.91. The first-order valence-electron chi connectivity index (χ1n) is 7.98. The highest BCUT2D eigenvalue weighted by Crippen LogP contribution is 2.34. The van der Waals surface area contributed by atoms with Crippen molar-refractivity contribution in [2.24, 2.45) is 0 Å². The number of rotatable bonds is 3. The summed E-state index contributed by atoms with van der Waals surface area (Å²) < 4.78 is 0. The highest BCUT2D eigenvalue weighted by atomic mass is 16.4. The normalized spacial score (nSPS) is 10.9. The summed E-state index contributed by atoms with van der Waals surface area (Å²) in [6.45, 7) is 0. The van der Waals surface area contributed by atoms with Crippen LogP contribution in [0.5, 0.6) is 0 Å². The third-order valence-corrected chi connectivity index (χ3v) is 4.39. The van der Waals surface area contributed by atoms with E-state index in [4.69, 9.17) is 0 Å². The fourth-order valence-electron chi connectivity index (χ4n) is 3.29. The van der Waals surface area contributed by atoms with E-state index in [0.29, 0.717) is 22.0 Å². The maximum Gasteiger partial charge on any atom is 0.377 e. The number of nitrogens with one attached hydrogen (secondary N) is 1. The lowest BCUT2D eigenvalue weighted by molar-refractivity contribution is -0.131. The minimum absolute atomic E-state index is 0.341. The minimum atomic E-state index is -1.66. The third kappa shape index (κ3) is 2.38. The number of pyridine rings is 1. The van der Waals surface area contributed by atoms with Crippen LogP contribution < -0.4 is 5.56 Å². The Labute approximate surface area is 147 Å². The zero-order chi connectivity index (χ0) is 18.3. The molecule has 0 saturated carbocycles. The van der Waals surface area contributed by atoms with E-state index in [1.165, 1.54) is 0 Å². The molecular formula is C21H13NO4. The molecule has 0 atom stereocenters. The number of aromatic amines is 1. The molecule has 0 unspecified atom stereocenters. The Morgan fingerprint density at radius 1 is 0.846 bits per heavy atom. The van der Waals surface area contributed by atoms with Gasteiger partial charge in [-0.25, -0.2) is 4.79 Å². The van der Waals surface area contributed by atoms with Gasteiger partial charge in [0.2, 0.25) is 0 Å². The Morgan fingerprint density at radius 2 is 1.54 bits per heavy atom. The smallest absolute Gasteiger partial charge is 0.377 e. The minimum Gasteiger partial charge on any atom is -0.475 e. The lowest BCUT2D eigenvalue weighted by atomic mass is 9.91. The van der Waals surface area contributed by atoms with Gasteiger partial charge < -0.3 is 10.1 Å². The van der Waals surface area contributed by atoms with Crippen LogP contribution in [0.15, 0.2) is 71.5 Å². The summed E-state index contributed by atoms with van der Waals surface area (Å²) >= 11 is 0. The fourth-order valence-corrected chi connectivity index (χ4v) is 3.29. The molecule has 3 aromatic carbocycles. The van der Waals surface area contributed by atoms with E-state index < -0.39 is 17.3 Å². The van der Waals surface area contributed by atoms with Crippen LogP contribution in [0.4, 0.5) is 0 Å². The maximum atomic E-state index is 12.6. The van der Waals surface area contributed by atoms with Gasteiger partial charge in [-0.3, -0.25) is 9.59 Å². The summed E-state index contributed by atoms with van der Waals surface area (Å²) in [4.78, 5) is 38.9. The number of ketones is 1. The highest BCUT2D eigenvalue weighted by molar-refractivity contribution is 6.42. The van der Waals surface area contributed by atoms with E-state index in [9.17, 15) is 19.5 Å². The first kappa shape index (κ1) is 15.8. The van der Waals surface area contributed by atoms with Crippen molar-refractivity contribution in [3.05, 3.63) is 82.6 Å². The van der Waals surface area contributed by atoms with Gasteiger partial charge in [0.05, 0.1) is 0 Å². The van der Waals surface area contributed by atoms with Crippen molar-refractivity contribution in [3.63, 3.8) is 0 Å². The topological polar surface area (TPSA) is 87.2 Å². The molecule has 5 heteroatoms. The fraction of sp³-hybridized carbons (Fsp3) is 0. The molecular weight excluding hydrogens is 330 g/mol. The molecule has 4 aromatic rings. The van der Waals surface area contributed by atoms with Gasteiger partial charge in [-0.2, -0.15) is 0 Å². The number of fused-ring (bicyclic) bond motifs is 3. The Morgan fingerprint density at radius 3 is 2.27 bits per heavy atom. The number of carboxylic acid groups (broad SMARTS) is 1. The molecule has 0 saturated heterocycles. The van der Waals surface area contributed by atoms with Gasteiger partial charge >= 0.3 is 5.97 Å². The average Bonchev–Trinajstić information content (AvgIpc) is 2.66. The van der Waals surface area contributed by atoms with Crippen molar-refractivity contribution in [2.45, 2.75) is 0 Å². The highest BCUT2D eigenvalue weighted by Gasteiger charge is 2.26. The molecule has 0 fully saturated rings. The number of Topliss-reactive ketones (excluding diaryl/α,β-unsaturated/α-hetero) is 1. The number of hydrogen-bond acceptors (Lipinski definition) is 3. The van der Waals surface area contributed by atoms with Crippen molar-refractivity contribution in [1.29, 1.82) is 0 Å². The largest absolute Gasteiger partial charge is 0.475 e. The van der Waals surface area contributed by atoms with Crippen molar-refractivity contribution >= 4 is 33.4 Å². The van der Waals surface area contributed by atoms with Crippen LogP contribution in [0, 0.1) is 0 Å². The van der Waals surface area contributed by atoms with E-state index in [1.807, 2.05) is 36.4 Å². The molecule has 0 aliphatic rings. The monoisotopic (exact) mass is 343 g/mol. The summed E-state index contributed by atoms with van der Waals surface area (Å²) in [6, 6.07) is 20.1. The molecule has 5 nitrogen and oxygen atoms in total. The molecule has 1 heterocycles. The molecule has 0 bridgehead atoms. The first-order chi connectivity index (χ1) is 12.6. The molecule has 2 N–H and O–H groups in total. The van der Waals surface area contributed by atoms with Gasteiger partial charge in [0, 0.05) is 16.5 Å². The van der Waals surface area contributed by atoms with E-state index in [2.05, 4.69) is 4.98 Å². The van der Waals surface area contributed by atoms with Crippen LogP contribution in [-0.4, -0.2) is 21.8 Å². The quantitative estimate of drug-likeness (QED) is 0.338. The maximum absolute atomic E-state index is 12.6. The molecule has 0 amide bonds. The zero-order valence-electron chi connectivity index (χ0n) is 13.5. The predicted octanol–water partition coefficient (Wildman–Crippen LogP) is 3.62. The SMILES string of the molecule is O=C(O)C(=O)c1c(-c2ccccc2)c2c(ccc3ccccc32)[nH]c1=O. The molecule has 1 aromatic heterocycles. The van der Waals surface area contributed by atoms with Crippen LogP contribution in [0.25, 0.3) is 32.8 Å². The van der Waals surface area contributed by atoms with Gasteiger partial charge in [-0.15, -0.1) is 0 Å². The second kappa shape index (κ2) is 5.97. The van der Waals surface area contributed by atoms with Crippen molar-refractivity contribution in [2.75, 3.05) is 0 Å². The number of aromatic nitrogens is 1. The van der Waals surface area contributed by atoms with Gasteiger partial charge in [0.25, 0.3) is 11.3 Å². The Hall–Kier alpha value is -3.73. The van der Waals surface area contributed by atoms with Gasteiger partial charge in [0.15, 0.2) is 0 Å². The van der Waals surface area contributed by atoms with Crippen LogP contribution in [-0.2, 0) is 4.79 Å². The summed E-state index contributed by atoms with van der Waals surface area (Å²) in [7, 11) is 0. The lowest BCUT2D eigenvalue weighted by Gasteiger charge is -2.13. The zero-order valence-corrected chi connectivity index (χ0v) is 13.5. The number of benzene rings is 3. The standard InChI is InChI=1S/C21H13NO4/c23-19(21(25)26)18-16(13-7-2-1-3-8-13)17-14-9-5-4-6-12(14)10-11-15(17)22-20(18)24/h1-11H,(H,22,24)(H,25,26). The predicted molar refractivity (Wildman–Crippen MR) is 99.5 cm³/mol. The van der Waals surface area contributed by atoms with Gasteiger partial charge in [-0.1, -0.05) is 60.7 Å². The second-order valence-corrected chi connectivity index (χ2v) is 5.91. The van der Waals surface area contributed by atoms with Gasteiger partial charge in [0.1, 0.15) is 5.56 Å². The van der Waals surface area contributed by atoms with Gasteiger partial charge in [-0.05, 0) is 22.4 Å². The first-order valence-corrected chi connectivity index (χ1v) is 7.98. The molecule has 126 valence electrons. The number of carbonyl (C=O) groups excluding carboxylic acids is 1. The van der Waals surface area contributed by atoms with E-state index >= 15 is 0 Å². The van der Waals surface area contributed by atoms with Crippen LogP contribution in [0.2, 0.25) is 0 Å². The number of hydrogen-bond donors (Lipinski definition) is 2. The summed E-state index contributed by atoms with van der Waals surface area (Å²) in [5.41, 5.74) is 0.444. The molecule has 0 aliphatic heterocycles. The third-order valence-electron chi connectivity index (χ3n) is 4.39. The van der Waals surface area contributed by atoms with E-state index in [-0.39, 0.29) is 5.56 Å². The Kier molecular flexibility index (Phi) is 3.62. The summed E-state index contributed by atoms with van der Waals surface area (Å²) in [5, 5.41) is 11.6. The number of aliphatic carboxylic acids is 1. The number of carbonyl (C=O) groups is 2. The van der Waals surface area contributed by atoms with Crippen LogP contribution in [0.1, 0.15) is 10.4 Å². The Balaban J connectivity index is 2.29.